The summed E-state index contributed by atoms with van der Waals surface area (Å²) in [6.07, 6.45) is 1.80. The standard InChI is InChI=1S/C14H8Br2FNOS/c15-13-6-10(14(16)20-13)12(19)7-18-4-3-8-1-2-9(17)5-11(8)18/h1-6H,7H2. The van der Waals surface area contributed by atoms with Gasteiger partial charge in [0.2, 0.25) is 0 Å². The molecule has 2 nitrogen and oxygen atoms in total. The molecule has 20 heavy (non-hydrogen) atoms. The molecule has 6 heteroatoms. The Morgan fingerprint density at radius 1 is 1.25 bits per heavy atom. The van der Waals surface area contributed by atoms with E-state index in [1.54, 1.807) is 22.9 Å². The maximum atomic E-state index is 13.3. The zero-order chi connectivity index (χ0) is 14.3. The van der Waals surface area contributed by atoms with E-state index in [9.17, 15) is 9.18 Å². The van der Waals surface area contributed by atoms with E-state index in [0.29, 0.717) is 5.56 Å². The van der Waals surface area contributed by atoms with Crippen LogP contribution < -0.4 is 0 Å². The quantitative estimate of drug-likeness (QED) is 0.534. The highest BCUT2D eigenvalue weighted by Gasteiger charge is 2.15. The van der Waals surface area contributed by atoms with E-state index in [0.717, 1.165) is 18.5 Å². The molecule has 0 radical (unpaired) electrons. The molecular formula is C14H8Br2FNOS. The van der Waals surface area contributed by atoms with Crippen LogP contribution in [0.3, 0.4) is 0 Å². The zero-order valence-corrected chi connectivity index (χ0v) is 14.1. The van der Waals surface area contributed by atoms with Crippen LogP contribution in [-0.4, -0.2) is 10.4 Å². The summed E-state index contributed by atoms with van der Waals surface area (Å²) < 4.78 is 16.8. The van der Waals surface area contributed by atoms with Crippen molar-refractivity contribution in [2.45, 2.75) is 6.54 Å². The molecule has 3 aromatic rings. The van der Waals surface area contributed by atoms with Gasteiger partial charge in [0.25, 0.3) is 0 Å². The second-order valence-electron chi connectivity index (χ2n) is 4.31. The van der Waals surface area contributed by atoms with Gasteiger partial charge in [0.15, 0.2) is 5.78 Å². The Hall–Kier alpha value is -0.980. The maximum Gasteiger partial charge on any atom is 0.184 e. The first kappa shape index (κ1) is 14.0. The van der Waals surface area contributed by atoms with E-state index in [-0.39, 0.29) is 18.1 Å². The summed E-state index contributed by atoms with van der Waals surface area (Å²) in [5, 5.41) is 0.921. The molecule has 0 atom stereocenters. The summed E-state index contributed by atoms with van der Waals surface area (Å²) in [4.78, 5) is 12.3. The van der Waals surface area contributed by atoms with Crippen LogP contribution in [0.2, 0.25) is 0 Å². The lowest BCUT2D eigenvalue weighted by Gasteiger charge is -2.04. The molecule has 0 amide bonds. The summed E-state index contributed by atoms with van der Waals surface area (Å²) >= 11 is 8.20. The molecule has 2 aromatic heterocycles. The van der Waals surface area contributed by atoms with Gasteiger partial charge in [-0.05, 0) is 67.6 Å². The second-order valence-corrected chi connectivity index (χ2v) is 8.06. The number of rotatable bonds is 3. The van der Waals surface area contributed by atoms with E-state index in [4.69, 9.17) is 0 Å². The molecule has 0 aliphatic carbocycles. The zero-order valence-electron chi connectivity index (χ0n) is 10.1. The van der Waals surface area contributed by atoms with Crippen molar-refractivity contribution in [2.24, 2.45) is 0 Å². The van der Waals surface area contributed by atoms with Gasteiger partial charge in [-0.15, -0.1) is 11.3 Å². The fourth-order valence-electron chi connectivity index (χ4n) is 2.07. The molecule has 3 rings (SSSR count). The first-order chi connectivity index (χ1) is 9.54. The lowest BCUT2D eigenvalue weighted by atomic mass is 10.2. The second kappa shape index (κ2) is 5.42. The highest BCUT2D eigenvalue weighted by atomic mass is 79.9. The number of halogens is 3. The third-order valence-electron chi connectivity index (χ3n) is 3.01. The topological polar surface area (TPSA) is 22.0 Å². The number of Topliss-reactive ketones (excluding diaryl/α,β-unsaturated/α-hetero) is 1. The minimum Gasteiger partial charge on any atom is -0.340 e. The van der Waals surface area contributed by atoms with Crippen molar-refractivity contribution >= 4 is 59.9 Å². The predicted molar refractivity (Wildman–Crippen MR) is 85.9 cm³/mol. The predicted octanol–water partition coefficient (Wildman–Crippen LogP) is 5.25. The lowest BCUT2D eigenvalue weighted by molar-refractivity contribution is 0.0973. The molecule has 0 fully saturated rings. The molecule has 2 heterocycles. The van der Waals surface area contributed by atoms with Crippen molar-refractivity contribution in [1.82, 2.24) is 4.57 Å². The molecule has 0 bridgehead atoms. The van der Waals surface area contributed by atoms with Crippen LogP contribution in [0.15, 0.2) is 44.1 Å². The fraction of sp³-hybridized carbons (Fsp3) is 0.0714. The lowest BCUT2D eigenvalue weighted by Crippen LogP contribution is -2.09. The first-order valence-corrected chi connectivity index (χ1v) is 8.17. The SMILES string of the molecule is O=C(Cn1ccc2ccc(F)cc21)c1cc(Br)sc1Br. The van der Waals surface area contributed by atoms with E-state index in [1.807, 2.05) is 6.07 Å². The first-order valence-electron chi connectivity index (χ1n) is 5.77. The number of nitrogens with zero attached hydrogens (tertiary/aromatic N) is 1. The molecule has 0 saturated heterocycles. The summed E-state index contributed by atoms with van der Waals surface area (Å²) in [6.45, 7) is 0.189. The Morgan fingerprint density at radius 3 is 2.75 bits per heavy atom. The Morgan fingerprint density at radius 2 is 2.05 bits per heavy atom. The van der Waals surface area contributed by atoms with E-state index >= 15 is 0 Å². The van der Waals surface area contributed by atoms with Crippen molar-refractivity contribution in [1.29, 1.82) is 0 Å². The van der Waals surface area contributed by atoms with Crippen molar-refractivity contribution < 1.29 is 9.18 Å². The minimum absolute atomic E-state index is 0.0133. The average Bonchev–Trinajstić information content (AvgIpc) is 2.93. The molecule has 0 aliphatic heterocycles. The number of benzene rings is 1. The van der Waals surface area contributed by atoms with Crippen LogP contribution in [-0.2, 0) is 6.54 Å². The highest BCUT2D eigenvalue weighted by Crippen LogP contribution is 2.32. The number of aromatic nitrogens is 1. The fourth-order valence-corrected chi connectivity index (χ4v) is 4.92. The third kappa shape index (κ3) is 2.60. The molecule has 0 spiro atoms. The van der Waals surface area contributed by atoms with Crippen LogP contribution in [0.25, 0.3) is 10.9 Å². The maximum absolute atomic E-state index is 13.3. The van der Waals surface area contributed by atoms with Crippen LogP contribution in [0, 0.1) is 5.82 Å². The summed E-state index contributed by atoms with van der Waals surface area (Å²) in [5.74, 6) is -0.315. The van der Waals surface area contributed by atoms with Crippen molar-refractivity contribution in [2.75, 3.05) is 0 Å². The minimum atomic E-state index is -0.302. The van der Waals surface area contributed by atoms with Gasteiger partial charge in [0.05, 0.1) is 19.6 Å². The molecular weight excluding hydrogens is 409 g/mol. The number of hydrogen-bond donors (Lipinski definition) is 0. The molecule has 0 unspecified atom stereocenters. The van der Waals surface area contributed by atoms with Gasteiger partial charge in [0, 0.05) is 11.8 Å². The molecule has 0 aliphatic rings. The summed E-state index contributed by atoms with van der Waals surface area (Å²) in [7, 11) is 0. The smallest absolute Gasteiger partial charge is 0.184 e. The largest absolute Gasteiger partial charge is 0.340 e. The Bertz CT molecular complexity index is 809. The van der Waals surface area contributed by atoms with Gasteiger partial charge >= 0.3 is 0 Å². The monoisotopic (exact) mass is 415 g/mol. The van der Waals surface area contributed by atoms with Crippen molar-refractivity contribution in [3.63, 3.8) is 0 Å². The van der Waals surface area contributed by atoms with E-state index in [1.165, 1.54) is 23.5 Å². The summed E-state index contributed by atoms with van der Waals surface area (Å²) in [6, 6.07) is 8.25. The van der Waals surface area contributed by atoms with Gasteiger partial charge in [-0.2, -0.15) is 0 Å². The van der Waals surface area contributed by atoms with Crippen LogP contribution in [0.1, 0.15) is 10.4 Å². The highest BCUT2D eigenvalue weighted by molar-refractivity contribution is 9.12. The number of carbonyl (C=O) groups excluding carboxylic acids is 1. The Kier molecular flexibility index (Phi) is 3.79. The molecule has 0 saturated carbocycles. The van der Waals surface area contributed by atoms with Gasteiger partial charge in [-0.3, -0.25) is 4.79 Å². The molecule has 102 valence electrons. The van der Waals surface area contributed by atoms with E-state index in [2.05, 4.69) is 31.9 Å². The van der Waals surface area contributed by atoms with Gasteiger partial charge < -0.3 is 4.57 Å². The van der Waals surface area contributed by atoms with Gasteiger partial charge in [0.1, 0.15) is 5.82 Å². The Labute approximate surface area is 135 Å². The number of thiophene rings is 1. The van der Waals surface area contributed by atoms with Gasteiger partial charge in [-0.1, -0.05) is 0 Å². The van der Waals surface area contributed by atoms with Crippen LogP contribution in [0.4, 0.5) is 4.39 Å². The average molecular weight is 417 g/mol. The number of ketones is 1. The normalized spacial score (nSPS) is 11.2. The number of hydrogen-bond acceptors (Lipinski definition) is 2. The van der Waals surface area contributed by atoms with Crippen LogP contribution in [0.5, 0.6) is 0 Å². The summed E-state index contributed by atoms with van der Waals surface area (Å²) in [5.41, 5.74) is 1.36. The van der Waals surface area contributed by atoms with Gasteiger partial charge in [-0.25, -0.2) is 4.39 Å². The Balaban J connectivity index is 1.95. The number of fused-ring (bicyclic) bond motifs is 1. The van der Waals surface area contributed by atoms with Crippen molar-refractivity contribution in [3.05, 3.63) is 55.5 Å². The molecule has 0 N–H and O–H groups in total. The van der Waals surface area contributed by atoms with Crippen LogP contribution >= 0.6 is 43.2 Å². The van der Waals surface area contributed by atoms with Crippen molar-refractivity contribution in [3.8, 4) is 0 Å². The third-order valence-corrected chi connectivity index (χ3v) is 5.35. The number of carbonyl (C=O) groups is 1. The molecule has 1 aromatic carbocycles. The van der Waals surface area contributed by atoms with E-state index < -0.39 is 0 Å².